The molecule has 2 nitrogen and oxygen atoms in total. The number of fused-ring (bicyclic) bond motifs is 1. The van der Waals surface area contributed by atoms with Crippen LogP contribution in [0.1, 0.15) is 20.8 Å². The van der Waals surface area contributed by atoms with Gasteiger partial charge in [0.15, 0.2) is 0 Å². The minimum absolute atomic E-state index is 0.176. The Labute approximate surface area is 91.9 Å². The highest BCUT2D eigenvalue weighted by Gasteiger charge is 2.30. The third-order valence-corrected chi connectivity index (χ3v) is 2.95. The Hall–Kier alpha value is -1.18. The smallest absolute Gasteiger partial charge is 0.140 e. The molecule has 1 unspecified atom stereocenters. The molecule has 0 bridgehead atoms. The third kappa shape index (κ3) is 1.81. The molecule has 0 saturated heterocycles. The first-order valence-corrected chi connectivity index (χ1v) is 5.32. The lowest BCUT2D eigenvalue weighted by Crippen LogP contribution is -2.47. The molecule has 1 aromatic rings. The van der Waals surface area contributed by atoms with Gasteiger partial charge in [0.2, 0.25) is 0 Å². The lowest BCUT2D eigenvalue weighted by Gasteiger charge is -2.48. The molecule has 0 saturated carbocycles. The van der Waals surface area contributed by atoms with Gasteiger partial charge in [-0.3, -0.25) is 7.05 Å². The summed E-state index contributed by atoms with van der Waals surface area (Å²) in [4.78, 5) is 2.08. The van der Waals surface area contributed by atoms with Crippen LogP contribution in [-0.2, 0) is 0 Å². The van der Waals surface area contributed by atoms with Crippen molar-refractivity contribution in [3.05, 3.63) is 31.3 Å². The minimum Gasteiger partial charge on any atom is -0.517 e. The van der Waals surface area contributed by atoms with E-state index < -0.39 is 0 Å². The molecule has 0 fully saturated rings. The predicted molar refractivity (Wildman–Crippen MR) is 63.0 cm³/mol. The van der Waals surface area contributed by atoms with Crippen molar-refractivity contribution >= 4 is 5.69 Å². The van der Waals surface area contributed by atoms with Gasteiger partial charge in [-0.15, -0.1) is 0 Å². The highest BCUT2D eigenvalue weighted by molar-refractivity contribution is 5.61. The zero-order chi connectivity index (χ0) is 11.1. The van der Waals surface area contributed by atoms with Gasteiger partial charge in [0.1, 0.15) is 12.4 Å². The van der Waals surface area contributed by atoms with Gasteiger partial charge in [-0.05, 0) is 17.5 Å². The average Bonchev–Trinajstić information content (AvgIpc) is 2.16. The van der Waals surface area contributed by atoms with Crippen molar-refractivity contribution in [3.63, 3.8) is 0 Å². The highest BCUT2D eigenvalue weighted by atomic mass is 16.5. The van der Waals surface area contributed by atoms with Crippen molar-refractivity contribution in [2.24, 2.45) is 5.41 Å². The summed E-state index contributed by atoms with van der Waals surface area (Å²) in [5, 5.41) is 0. The molecule has 1 aromatic carbocycles. The Morgan fingerprint density at radius 3 is 2.67 bits per heavy atom. The summed E-state index contributed by atoms with van der Waals surface area (Å²) in [7, 11) is 4.14. The zero-order valence-corrected chi connectivity index (χ0v) is 9.66. The Kier molecular flexibility index (Phi) is 2.37. The Balaban J connectivity index is 2.34. The molecule has 0 radical (unpaired) electrons. The second-order valence-corrected chi connectivity index (χ2v) is 5.13. The van der Waals surface area contributed by atoms with Crippen LogP contribution in [0.5, 0.6) is 5.75 Å². The van der Waals surface area contributed by atoms with Gasteiger partial charge in [-0.25, -0.2) is 0 Å². The Morgan fingerprint density at radius 2 is 2.00 bits per heavy atom. The molecule has 1 aliphatic rings. The van der Waals surface area contributed by atoms with Crippen molar-refractivity contribution < 1.29 is 4.74 Å². The second-order valence-electron chi connectivity index (χ2n) is 5.13. The maximum absolute atomic E-state index is 5.75. The molecule has 2 rings (SSSR count). The summed E-state index contributed by atoms with van der Waals surface area (Å²) in [5.74, 6) is 0.938. The third-order valence-electron chi connectivity index (χ3n) is 2.95. The minimum atomic E-state index is 0.176. The molecular weight excluding hydrogens is 186 g/mol. The van der Waals surface area contributed by atoms with Gasteiger partial charge in [0.05, 0.1) is 0 Å². The first kappa shape index (κ1) is 10.3. The summed E-state index contributed by atoms with van der Waals surface area (Å²) in [5.41, 5.74) is 1.26. The molecular formula is C13H18NO-. The number of ether oxygens (including phenoxy) is 1. The van der Waals surface area contributed by atoms with Crippen LogP contribution in [-0.4, -0.2) is 12.6 Å². The van der Waals surface area contributed by atoms with E-state index in [1.807, 2.05) is 18.2 Å². The lowest BCUT2D eigenvalue weighted by atomic mass is 9.85. The quantitative estimate of drug-likeness (QED) is 0.602. The van der Waals surface area contributed by atoms with Crippen LogP contribution >= 0.6 is 0 Å². The number of benzene rings is 1. The number of anilines is 1. The van der Waals surface area contributed by atoms with Crippen LogP contribution in [0.4, 0.5) is 5.69 Å². The van der Waals surface area contributed by atoms with Crippen LogP contribution in [0.2, 0.25) is 0 Å². The first-order chi connectivity index (χ1) is 7.00. The standard InChI is InChI=1S/C13H18NO/c1-13(2,3)12-9-15-11-8-6-5-7-10(11)14(12)4/h5-8,12H,4,9H2,1-3H3/q-1. The van der Waals surface area contributed by atoms with Gasteiger partial charge in [-0.2, -0.15) is 0 Å². The first-order valence-electron chi connectivity index (χ1n) is 5.32. The lowest BCUT2D eigenvalue weighted by molar-refractivity contribution is 0.188. The van der Waals surface area contributed by atoms with E-state index in [-0.39, 0.29) is 5.41 Å². The van der Waals surface area contributed by atoms with E-state index in [1.165, 1.54) is 0 Å². The number of hydrogen-bond donors (Lipinski definition) is 0. The van der Waals surface area contributed by atoms with Crippen LogP contribution < -0.4 is 9.64 Å². The zero-order valence-electron chi connectivity index (χ0n) is 9.66. The van der Waals surface area contributed by atoms with Gasteiger partial charge < -0.3 is 9.64 Å². The maximum Gasteiger partial charge on any atom is 0.140 e. The van der Waals surface area contributed by atoms with Crippen LogP contribution in [0.25, 0.3) is 0 Å². The van der Waals surface area contributed by atoms with Gasteiger partial charge in [-0.1, -0.05) is 32.9 Å². The normalized spacial score (nSPS) is 20.8. The van der Waals surface area contributed by atoms with Gasteiger partial charge in [0, 0.05) is 11.7 Å². The number of nitrogens with zero attached hydrogens (tertiary/aromatic N) is 1. The summed E-state index contributed by atoms with van der Waals surface area (Å²) in [6.07, 6.45) is 0. The van der Waals surface area contributed by atoms with E-state index in [9.17, 15) is 0 Å². The number of para-hydroxylation sites is 2. The van der Waals surface area contributed by atoms with E-state index in [4.69, 9.17) is 4.74 Å². The maximum atomic E-state index is 5.75. The fraction of sp³-hybridized carbons (Fsp3) is 0.462. The van der Waals surface area contributed by atoms with Crippen molar-refractivity contribution in [2.45, 2.75) is 26.8 Å². The van der Waals surface area contributed by atoms with Crippen molar-refractivity contribution in [2.75, 3.05) is 11.5 Å². The molecule has 0 aromatic heterocycles. The van der Waals surface area contributed by atoms with E-state index in [0.717, 1.165) is 11.4 Å². The van der Waals surface area contributed by atoms with Crippen LogP contribution in [0.15, 0.2) is 24.3 Å². The van der Waals surface area contributed by atoms with Crippen molar-refractivity contribution in [1.82, 2.24) is 0 Å². The number of hydrogen-bond acceptors (Lipinski definition) is 2. The Morgan fingerprint density at radius 1 is 1.33 bits per heavy atom. The molecule has 1 atom stereocenters. The van der Waals surface area contributed by atoms with E-state index in [0.29, 0.717) is 12.6 Å². The predicted octanol–water partition coefficient (Wildman–Crippen LogP) is 3.09. The molecule has 2 heteroatoms. The molecule has 0 aliphatic carbocycles. The van der Waals surface area contributed by atoms with Gasteiger partial charge >= 0.3 is 0 Å². The SMILES string of the molecule is [CH2-]N1c2ccccc2OCC1C(C)(C)C. The van der Waals surface area contributed by atoms with E-state index >= 15 is 0 Å². The molecule has 0 amide bonds. The number of rotatable bonds is 0. The molecule has 0 N–H and O–H groups in total. The van der Waals surface area contributed by atoms with E-state index in [2.05, 4.69) is 38.8 Å². The average molecular weight is 204 g/mol. The van der Waals surface area contributed by atoms with Crippen molar-refractivity contribution in [1.29, 1.82) is 0 Å². The largest absolute Gasteiger partial charge is 0.517 e. The fourth-order valence-electron chi connectivity index (χ4n) is 1.96. The molecule has 1 aliphatic heterocycles. The summed E-state index contributed by atoms with van der Waals surface area (Å²) >= 11 is 0. The van der Waals surface area contributed by atoms with Crippen LogP contribution in [0, 0.1) is 12.5 Å². The Bertz CT molecular complexity index is 354. The molecule has 82 valence electrons. The summed E-state index contributed by atoms with van der Waals surface area (Å²) in [6.45, 7) is 7.36. The fourth-order valence-corrected chi connectivity index (χ4v) is 1.96. The van der Waals surface area contributed by atoms with Crippen molar-refractivity contribution in [3.8, 4) is 5.75 Å². The molecule has 0 spiro atoms. The second kappa shape index (κ2) is 3.44. The van der Waals surface area contributed by atoms with E-state index in [1.54, 1.807) is 0 Å². The topological polar surface area (TPSA) is 12.5 Å². The summed E-state index contributed by atoms with van der Waals surface area (Å²) in [6, 6.07) is 8.38. The summed E-state index contributed by atoms with van der Waals surface area (Å²) < 4.78 is 5.75. The monoisotopic (exact) mass is 204 g/mol. The van der Waals surface area contributed by atoms with Gasteiger partial charge in [0.25, 0.3) is 0 Å². The molecule has 1 heterocycles. The highest BCUT2D eigenvalue weighted by Crippen LogP contribution is 2.37. The van der Waals surface area contributed by atoms with Crippen LogP contribution in [0.3, 0.4) is 0 Å². The molecule has 15 heavy (non-hydrogen) atoms.